The minimum atomic E-state index is -1.88. The largest absolute Gasteiger partial charge is 0.113 e. The average Bonchev–Trinajstić information content (AvgIpc) is 3.08. The molecule has 2 aliphatic rings. The molecule has 0 saturated carbocycles. The molecule has 6 aromatic carbocycles. The van der Waals surface area contributed by atoms with Crippen LogP contribution in [0, 0.1) is 0 Å². The Bertz CT molecular complexity index is 1850. The highest BCUT2D eigenvalue weighted by atomic mass is 28.3. The minimum absolute atomic E-state index is 0.0118. The van der Waals surface area contributed by atoms with Gasteiger partial charge in [0.2, 0.25) is 0 Å². The van der Waals surface area contributed by atoms with Crippen LogP contribution in [-0.4, -0.2) is 8.07 Å². The van der Waals surface area contributed by atoms with Gasteiger partial charge in [0.15, 0.2) is 0 Å². The summed E-state index contributed by atoms with van der Waals surface area (Å²) in [5.41, 5.74) is 8.66. The highest BCUT2D eigenvalue weighted by Crippen LogP contribution is 2.54. The second-order valence-electron chi connectivity index (χ2n) is 11.4. The molecule has 0 unspecified atom stereocenters. The molecule has 34 heavy (non-hydrogen) atoms. The van der Waals surface area contributed by atoms with Crippen LogP contribution in [0.15, 0.2) is 84.9 Å². The van der Waals surface area contributed by atoms with E-state index in [-0.39, 0.29) is 5.41 Å². The average molecular weight is 451 g/mol. The maximum absolute atomic E-state index is 2.63. The Kier molecular flexibility index (Phi) is 3.23. The summed E-state index contributed by atoms with van der Waals surface area (Å²) >= 11 is 0. The molecule has 1 heteroatoms. The normalized spacial score (nSPS) is 16.7. The van der Waals surface area contributed by atoms with Gasteiger partial charge in [-0.3, -0.25) is 0 Å². The van der Waals surface area contributed by atoms with Crippen molar-refractivity contribution in [3.05, 3.63) is 96.1 Å². The molecule has 1 aliphatic carbocycles. The van der Waals surface area contributed by atoms with Gasteiger partial charge in [0, 0.05) is 5.41 Å². The molecule has 0 radical (unpaired) electrons. The van der Waals surface area contributed by atoms with Gasteiger partial charge in [-0.1, -0.05) is 106 Å². The van der Waals surface area contributed by atoms with E-state index in [4.69, 9.17) is 0 Å². The first kappa shape index (κ1) is 18.9. The van der Waals surface area contributed by atoms with Crippen molar-refractivity contribution in [2.24, 2.45) is 0 Å². The molecule has 6 aromatic rings. The van der Waals surface area contributed by atoms with Crippen LogP contribution >= 0.6 is 0 Å². The number of rotatable bonds is 0. The summed E-state index contributed by atoms with van der Waals surface area (Å²) in [5, 5.41) is 11.8. The SMILES string of the molecule is CC1(C)c2ccccc2-c2cc3ccc4ccc5c6c(cc(c21)c3c46)[Si](C)(C)c1ccccc1-5. The van der Waals surface area contributed by atoms with Gasteiger partial charge < -0.3 is 0 Å². The van der Waals surface area contributed by atoms with Crippen molar-refractivity contribution < 1.29 is 0 Å². The van der Waals surface area contributed by atoms with E-state index >= 15 is 0 Å². The van der Waals surface area contributed by atoms with Crippen LogP contribution in [-0.2, 0) is 5.41 Å². The van der Waals surface area contributed by atoms with E-state index in [9.17, 15) is 0 Å². The first-order valence-corrected chi connectivity index (χ1v) is 15.4. The molecule has 8 rings (SSSR count). The maximum Gasteiger partial charge on any atom is 0.113 e. The van der Waals surface area contributed by atoms with Crippen molar-refractivity contribution in [3.63, 3.8) is 0 Å². The van der Waals surface area contributed by atoms with Gasteiger partial charge in [-0.05, 0) is 82.1 Å². The van der Waals surface area contributed by atoms with Crippen molar-refractivity contribution in [3.8, 4) is 22.3 Å². The van der Waals surface area contributed by atoms with Crippen LogP contribution in [0.5, 0.6) is 0 Å². The molecule has 0 bridgehead atoms. The topological polar surface area (TPSA) is 0 Å². The third-order valence-corrected chi connectivity index (χ3v) is 12.5. The van der Waals surface area contributed by atoms with Gasteiger partial charge in [-0.2, -0.15) is 0 Å². The molecule has 0 aromatic heterocycles. The van der Waals surface area contributed by atoms with Gasteiger partial charge in [-0.25, -0.2) is 0 Å². The van der Waals surface area contributed by atoms with E-state index in [0.717, 1.165) is 0 Å². The molecule has 1 aliphatic heterocycles. The van der Waals surface area contributed by atoms with Crippen molar-refractivity contribution in [2.45, 2.75) is 32.4 Å². The Hall–Kier alpha value is -3.42. The summed E-state index contributed by atoms with van der Waals surface area (Å²) in [4.78, 5) is 0. The summed E-state index contributed by atoms with van der Waals surface area (Å²) in [7, 11) is -1.88. The van der Waals surface area contributed by atoms with Crippen molar-refractivity contribution in [2.75, 3.05) is 0 Å². The van der Waals surface area contributed by atoms with Crippen LogP contribution < -0.4 is 10.4 Å². The Balaban J connectivity index is 1.66. The summed E-state index contributed by atoms with van der Waals surface area (Å²) in [5.74, 6) is 0. The monoisotopic (exact) mass is 450 g/mol. The Morgan fingerprint density at radius 3 is 2.12 bits per heavy atom. The van der Waals surface area contributed by atoms with Gasteiger partial charge in [-0.15, -0.1) is 0 Å². The fraction of sp³-hybridized carbons (Fsp3) is 0.152. The fourth-order valence-corrected chi connectivity index (χ4v) is 10.5. The molecule has 0 saturated heterocycles. The lowest BCUT2D eigenvalue weighted by Gasteiger charge is -2.35. The van der Waals surface area contributed by atoms with Gasteiger partial charge in [0.1, 0.15) is 8.07 Å². The molecule has 0 amide bonds. The fourth-order valence-electron chi connectivity index (χ4n) is 7.39. The van der Waals surface area contributed by atoms with Crippen LogP contribution in [0.25, 0.3) is 54.6 Å². The second kappa shape index (κ2) is 5.79. The zero-order valence-electron chi connectivity index (χ0n) is 20.1. The highest BCUT2D eigenvalue weighted by Gasteiger charge is 2.40. The highest BCUT2D eigenvalue weighted by molar-refractivity contribution is 7.03. The Morgan fingerprint density at radius 1 is 0.559 bits per heavy atom. The number of hydrogen-bond donors (Lipinski definition) is 0. The maximum atomic E-state index is 2.63. The lowest BCUT2D eigenvalue weighted by Crippen LogP contribution is -2.55. The summed E-state index contributed by atoms with van der Waals surface area (Å²) in [6, 6.07) is 32.7. The van der Waals surface area contributed by atoms with Crippen molar-refractivity contribution >= 4 is 50.8 Å². The summed E-state index contributed by atoms with van der Waals surface area (Å²) < 4.78 is 0. The van der Waals surface area contributed by atoms with E-state index < -0.39 is 8.07 Å². The first-order chi connectivity index (χ1) is 16.4. The number of fused-ring (bicyclic) bond motifs is 6. The zero-order valence-corrected chi connectivity index (χ0v) is 21.1. The van der Waals surface area contributed by atoms with E-state index in [0.29, 0.717) is 0 Å². The van der Waals surface area contributed by atoms with Gasteiger partial charge >= 0.3 is 0 Å². The van der Waals surface area contributed by atoms with Crippen LogP contribution in [0.1, 0.15) is 25.0 Å². The molecule has 0 atom stereocenters. The van der Waals surface area contributed by atoms with Crippen LogP contribution in [0.3, 0.4) is 0 Å². The number of hydrogen-bond acceptors (Lipinski definition) is 0. The standard InChI is InChI=1S/C33H26Si/c1-33(2)26-11-7-5-9-21(26)24-17-20-14-13-19-15-16-23-22-10-6-8-12-27(22)34(3,4)28-18-25(32(24)33)29(20)30(19)31(23)28/h5-18H,1-4H3. The first-order valence-electron chi connectivity index (χ1n) is 12.4. The predicted octanol–water partition coefficient (Wildman–Crippen LogP) is 7.69. The molecular formula is C33H26Si. The van der Waals surface area contributed by atoms with E-state index in [1.165, 1.54) is 65.7 Å². The quantitative estimate of drug-likeness (QED) is 0.164. The van der Waals surface area contributed by atoms with E-state index in [2.05, 4.69) is 112 Å². The smallest absolute Gasteiger partial charge is 0.0623 e. The lowest BCUT2D eigenvalue weighted by atomic mass is 9.78. The van der Waals surface area contributed by atoms with Gasteiger partial charge in [0.25, 0.3) is 0 Å². The molecule has 0 nitrogen and oxygen atoms in total. The van der Waals surface area contributed by atoms with Crippen LogP contribution in [0.4, 0.5) is 0 Å². The minimum Gasteiger partial charge on any atom is -0.0623 e. The lowest BCUT2D eigenvalue weighted by molar-refractivity contribution is 0.666. The summed E-state index contributed by atoms with van der Waals surface area (Å²) in [6.07, 6.45) is 0. The summed E-state index contributed by atoms with van der Waals surface area (Å²) in [6.45, 7) is 9.94. The zero-order chi connectivity index (χ0) is 23.0. The van der Waals surface area contributed by atoms with E-state index in [1.807, 2.05) is 0 Å². The molecule has 162 valence electrons. The molecule has 0 N–H and O–H groups in total. The molecule has 0 spiro atoms. The second-order valence-corrected chi connectivity index (χ2v) is 15.7. The van der Waals surface area contributed by atoms with Gasteiger partial charge in [0.05, 0.1) is 0 Å². The molecular weight excluding hydrogens is 424 g/mol. The Labute approximate surface area is 201 Å². The number of benzene rings is 6. The van der Waals surface area contributed by atoms with Crippen molar-refractivity contribution in [1.29, 1.82) is 0 Å². The van der Waals surface area contributed by atoms with E-state index in [1.54, 1.807) is 10.4 Å². The van der Waals surface area contributed by atoms with Crippen LogP contribution in [0.2, 0.25) is 13.1 Å². The third-order valence-electron chi connectivity index (χ3n) is 8.96. The molecule has 0 fully saturated rings. The predicted molar refractivity (Wildman–Crippen MR) is 150 cm³/mol. The third kappa shape index (κ3) is 1.99. The molecule has 1 heterocycles. The van der Waals surface area contributed by atoms with Crippen molar-refractivity contribution in [1.82, 2.24) is 0 Å². The Morgan fingerprint density at radius 2 is 1.26 bits per heavy atom.